The number of amides is 1. The lowest BCUT2D eigenvalue weighted by Crippen LogP contribution is -2.31. The summed E-state index contributed by atoms with van der Waals surface area (Å²) in [5.74, 6) is 5.66. The van der Waals surface area contributed by atoms with Crippen molar-refractivity contribution < 1.29 is 13.9 Å². The Kier molecular flexibility index (Phi) is 4.95. The number of likely N-dealkylation sites (N-methyl/N-ethyl adjacent to an activating group) is 1. The van der Waals surface area contributed by atoms with E-state index in [1.807, 2.05) is 6.07 Å². The summed E-state index contributed by atoms with van der Waals surface area (Å²) in [6, 6.07) is 3.44. The lowest BCUT2D eigenvalue weighted by molar-refractivity contribution is 0.0698. The molecule has 0 aliphatic carbocycles. The standard InChI is InChI=1S/C13H21N3O3/c1-2-16(8-10-4-3-7-18-10)9-11-5-6-12(19-11)13(17)15-14/h5-6,10H,2-4,7-9,14H2,1H3,(H,15,17). The smallest absolute Gasteiger partial charge is 0.300 e. The zero-order valence-electron chi connectivity index (χ0n) is 11.2. The van der Waals surface area contributed by atoms with Crippen LogP contribution in [0.4, 0.5) is 0 Å². The van der Waals surface area contributed by atoms with E-state index in [1.54, 1.807) is 6.07 Å². The Balaban J connectivity index is 1.90. The number of hydrazine groups is 1. The van der Waals surface area contributed by atoms with Gasteiger partial charge in [0.1, 0.15) is 5.76 Å². The lowest BCUT2D eigenvalue weighted by atomic mass is 10.2. The number of hydrogen-bond donors (Lipinski definition) is 2. The highest BCUT2D eigenvalue weighted by atomic mass is 16.5. The van der Waals surface area contributed by atoms with E-state index in [9.17, 15) is 4.79 Å². The lowest BCUT2D eigenvalue weighted by Gasteiger charge is -2.22. The normalized spacial score (nSPS) is 19.0. The number of nitrogens with two attached hydrogens (primary N) is 1. The van der Waals surface area contributed by atoms with Crippen molar-refractivity contribution in [1.29, 1.82) is 0 Å². The van der Waals surface area contributed by atoms with Crippen molar-refractivity contribution in [2.24, 2.45) is 5.84 Å². The molecule has 0 bridgehead atoms. The van der Waals surface area contributed by atoms with E-state index in [-0.39, 0.29) is 5.76 Å². The minimum Gasteiger partial charge on any atom is -0.455 e. The number of hydrogen-bond acceptors (Lipinski definition) is 5. The van der Waals surface area contributed by atoms with Crippen LogP contribution in [0.25, 0.3) is 0 Å². The van der Waals surface area contributed by atoms with E-state index in [1.165, 1.54) is 0 Å². The summed E-state index contributed by atoms with van der Waals surface area (Å²) in [7, 11) is 0. The maximum absolute atomic E-state index is 11.3. The van der Waals surface area contributed by atoms with Gasteiger partial charge < -0.3 is 9.15 Å². The van der Waals surface area contributed by atoms with E-state index in [0.29, 0.717) is 12.6 Å². The maximum atomic E-state index is 11.3. The van der Waals surface area contributed by atoms with Gasteiger partial charge in [-0.15, -0.1) is 0 Å². The van der Waals surface area contributed by atoms with E-state index in [4.69, 9.17) is 15.0 Å². The fourth-order valence-corrected chi connectivity index (χ4v) is 2.26. The first-order valence-electron chi connectivity index (χ1n) is 6.66. The van der Waals surface area contributed by atoms with Crippen LogP contribution in [0.1, 0.15) is 36.1 Å². The van der Waals surface area contributed by atoms with Gasteiger partial charge in [0.25, 0.3) is 0 Å². The number of furan rings is 1. The molecule has 1 aliphatic heterocycles. The largest absolute Gasteiger partial charge is 0.455 e. The predicted molar refractivity (Wildman–Crippen MR) is 70.3 cm³/mol. The Morgan fingerprint density at radius 3 is 3.05 bits per heavy atom. The number of nitrogens with zero attached hydrogens (tertiary/aromatic N) is 1. The first-order valence-corrected chi connectivity index (χ1v) is 6.66. The summed E-state index contributed by atoms with van der Waals surface area (Å²) in [4.78, 5) is 13.5. The van der Waals surface area contributed by atoms with Crippen LogP contribution in [-0.2, 0) is 11.3 Å². The minimum atomic E-state index is -0.409. The van der Waals surface area contributed by atoms with Gasteiger partial charge in [-0.1, -0.05) is 6.92 Å². The Morgan fingerprint density at radius 2 is 2.42 bits per heavy atom. The Labute approximate surface area is 112 Å². The van der Waals surface area contributed by atoms with Crippen molar-refractivity contribution in [2.45, 2.75) is 32.4 Å². The fourth-order valence-electron chi connectivity index (χ4n) is 2.26. The van der Waals surface area contributed by atoms with Crippen molar-refractivity contribution >= 4 is 5.91 Å². The second kappa shape index (κ2) is 6.70. The number of ether oxygens (including phenoxy) is 1. The van der Waals surface area contributed by atoms with Crippen LogP contribution in [0, 0.1) is 0 Å². The van der Waals surface area contributed by atoms with Crippen LogP contribution >= 0.6 is 0 Å². The van der Waals surface area contributed by atoms with Gasteiger partial charge in [-0.05, 0) is 31.5 Å². The Bertz CT molecular complexity index is 413. The molecule has 1 saturated heterocycles. The highest BCUT2D eigenvalue weighted by Gasteiger charge is 2.19. The molecule has 1 unspecified atom stereocenters. The molecule has 0 radical (unpaired) electrons. The molecule has 1 aromatic rings. The molecule has 106 valence electrons. The van der Waals surface area contributed by atoms with Gasteiger partial charge >= 0.3 is 5.91 Å². The average molecular weight is 267 g/mol. The van der Waals surface area contributed by atoms with Crippen LogP contribution < -0.4 is 11.3 Å². The van der Waals surface area contributed by atoms with E-state index in [0.717, 1.165) is 38.3 Å². The van der Waals surface area contributed by atoms with Gasteiger partial charge in [0.05, 0.1) is 12.6 Å². The van der Waals surface area contributed by atoms with Gasteiger partial charge in [-0.2, -0.15) is 0 Å². The summed E-state index contributed by atoms with van der Waals surface area (Å²) >= 11 is 0. The second-order valence-electron chi connectivity index (χ2n) is 4.70. The predicted octanol–water partition coefficient (Wildman–Crippen LogP) is 0.884. The quantitative estimate of drug-likeness (QED) is 0.454. The van der Waals surface area contributed by atoms with Crippen LogP contribution in [0.15, 0.2) is 16.5 Å². The van der Waals surface area contributed by atoms with Crippen LogP contribution in [-0.4, -0.2) is 36.6 Å². The molecule has 19 heavy (non-hydrogen) atoms. The molecule has 1 aromatic heterocycles. The van der Waals surface area contributed by atoms with Crippen molar-refractivity contribution in [3.63, 3.8) is 0 Å². The molecule has 6 nitrogen and oxygen atoms in total. The number of carbonyl (C=O) groups excluding carboxylic acids is 1. The molecule has 2 rings (SSSR count). The molecule has 1 amide bonds. The summed E-state index contributed by atoms with van der Waals surface area (Å²) < 4.78 is 11.1. The topological polar surface area (TPSA) is 80.7 Å². The number of nitrogens with one attached hydrogen (secondary N) is 1. The molecule has 1 fully saturated rings. The van der Waals surface area contributed by atoms with E-state index >= 15 is 0 Å². The highest BCUT2D eigenvalue weighted by molar-refractivity contribution is 5.90. The van der Waals surface area contributed by atoms with Crippen molar-refractivity contribution in [1.82, 2.24) is 10.3 Å². The molecular weight excluding hydrogens is 246 g/mol. The van der Waals surface area contributed by atoms with Gasteiger partial charge in [0.2, 0.25) is 0 Å². The molecule has 1 atom stereocenters. The highest BCUT2D eigenvalue weighted by Crippen LogP contribution is 2.16. The van der Waals surface area contributed by atoms with Gasteiger partial charge in [-0.25, -0.2) is 5.84 Å². The van der Waals surface area contributed by atoms with E-state index in [2.05, 4.69) is 17.2 Å². The Morgan fingerprint density at radius 1 is 1.58 bits per heavy atom. The van der Waals surface area contributed by atoms with Crippen LogP contribution in [0.3, 0.4) is 0 Å². The van der Waals surface area contributed by atoms with E-state index < -0.39 is 5.91 Å². The zero-order chi connectivity index (χ0) is 13.7. The van der Waals surface area contributed by atoms with Crippen molar-refractivity contribution in [3.8, 4) is 0 Å². The molecule has 3 N–H and O–H groups in total. The second-order valence-corrected chi connectivity index (χ2v) is 4.70. The van der Waals surface area contributed by atoms with Crippen LogP contribution in [0.2, 0.25) is 0 Å². The number of rotatable bonds is 6. The summed E-state index contributed by atoms with van der Waals surface area (Å²) in [5, 5.41) is 0. The maximum Gasteiger partial charge on any atom is 0.300 e. The Hall–Kier alpha value is -1.37. The minimum absolute atomic E-state index is 0.241. The van der Waals surface area contributed by atoms with Gasteiger partial charge in [0, 0.05) is 13.2 Å². The third kappa shape index (κ3) is 3.79. The molecule has 1 aliphatic rings. The number of nitrogen functional groups attached to an aromatic ring is 1. The molecule has 2 heterocycles. The fraction of sp³-hybridized carbons (Fsp3) is 0.615. The summed E-state index contributed by atoms with van der Waals surface area (Å²) in [6.45, 7) is 5.46. The molecule has 6 heteroatoms. The molecule has 0 saturated carbocycles. The third-order valence-corrected chi connectivity index (χ3v) is 3.33. The summed E-state index contributed by atoms with van der Waals surface area (Å²) in [5.41, 5.74) is 2.05. The molecular formula is C13H21N3O3. The average Bonchev–Trinajstić information content (AvgIpc) is 3.08. The van der Waals surface area contributed by atoms with Gasteiger partial charge in [-0.3, -0.25) is 15.1 Å². The number of carbonyl (C=O) groups is 1. The third-order valence-electron chi connectivity index (χ3n) is 3.33. The van der Waals surface area contributed by atoms with Crippen molar-refractivity contribution in [2.75, 3.05) is 19.7 Å². The zero-order valence-corrected chi connectivity index (χ0v) is 11.2. The monoisotopic (exact) mass is 267 g/mol. The first-order chi connectivity index (χ1) is 9.22. The van der Waals surface area contributed by atoms with Gasteiger partial charge in [0.15, 0.2) is 5.76 Å². The van der Waals surface area contributed by atoms with Crippen molar-refractivity contribution in [3.05, 3.63) is 23.7 Å². The molecule has 0 spiro atoms. The van der Waals surface area contributed by atoms with Crippen LogP contribution in [0.5, 0.6) is 0 Å². The SMILES string of the molecule is CCN(Cc1ccc(C(=O)NN)o1)CC1CCCO1. The molecule has 0 aromatic carbocycles. The first kappa shape index (κ1) is 14.0. The summed E-state index contributed by atoms with van der Waals surface area (Å²) in [6.07, 6.45) is 2.58.